The summed E-state index contributed by atoms with van der Waals surface area (Å²) >= 11 is 0. The molecule has 8 heavy (non-hydrogen) atoms. The van der Waals surface area contributed by atoms with Crippen molar-refractivity contribution in [1.29, 1.82) is 0 Å². The van der Waals surface area contributed by atoms with Gasteiger partial charge >= 0.3 is 8.60 Å². The van der Waals surface area contributed by atoms with E-state index in [1.165, 1.54) is 0 Å². The van der Waals surface area contributed by atoms with Crippen LogP contribution in [0.15, 0.2) is 12.7 Å². The molecule has 4 nitrogen and oxygen atoms in total. The number of rotatable bonds is 3. The maximum Gasteiger partial charge on any atom is 0.329 e. The first-order chi connectivity index (χ1) is 3.66. The van der Waals surface area contributed by atoms with Crippen LogP contribution >= 0.6 is 8.60 Å². The third-order valence-electron chi connectivity index (χ3n) is 0.404. The van der Waals surface area contributed by atoms with Gasteiger partial charge in [0.2, 0.25) is 0 Å². The molecule has 0 fully saturated rings. The smallest absolute Gasteiger partial charge is 0.329 e. The zero-order chi connectivity index (χ0) is 6.57. The second-order valence-corrected chi connectivity index (χ2v) is 1.70. The fourth-order valence-electron chi connectivity index (χ4n) is 0.140. The van der Waals surface area contributed by atoms with Gasteiger partial charge in [-0.25, -0.2) is 0 Å². The maximum absolute atomic E-state index is 8.38. The largest absolute Gasteiger partial charge is 0.364 e. The molecule has 1 atom stereocenters. The monoisotopic (exact) mass is 138 g/mol. The Morgan fingerprint density at radius 2 is 2.12 bits per heavy atom. The van der Waals surface area contributed by atoms with Crippen molar-refractivity contribution in [3.05, 3.63) is 12.7 Å². The summed E-state index contributed by atoms with van der Waals surface area (Å²) in [6, 6.07) is 0. The summed E-state index contributed by atoms with van der Waals surface area (Å²) in [5, 5.41) is 8.38. The van der Waals surface area contributed by atoms with Gasteiger partial charge in [-0.05, 0) is 6.08 Å². The highest BCUT2D eigenvalue weighted by molar-refractivity contribution is 7.39. The minimum atomic E-state index is -2.47. The number of hydrogen-bond donors (Lipinski definition) is 3. The van der Waals surface area contributed by atoms with Crippen LogP contribution in [0.25, 0.3) is 0 Å². The molecule has 0 aromatic rings. The van der Waals surface area contributed by atoms with Crippen molar-refractivity contribution in [3.8, 4) is 0 Å². The summed E-state index contributed by atoms with van der Waals surface area (Å²) in [6.07, 6.45) is -0.238. The van der Waals surface area contributed by atoms with E-state index in [9.17, 15) is 0 Å². The van der Waals surface area contributed by atoms with Crippen molar-refractivity contribution in [1.82, 2.24) is 0 Å². The van der Waals surface area contributed by atoms with Gasteiger partial charge in [0.1, 0.15) is 0 Å². The molecule has 3 N–H and O–H groups in total. The van der Waals surface area contributed by atoms with Crippen LogP contribution in [-0.4, -0.2) is 21.2 Å². The lowest BCUT2D eigenvalue weighted by Crippen LogP contribution is -2.02. The first-order valence-corrected chi connectivity index (χ1v) is 2.98. The van der Waals surface area contributed by atoms with Crippen LogP contribution in [0.5, 0.6) is 0 Å². The molecule has 0 heterocycles. The van der Waals surface area contributed by atoms with Crippen LogP contribution in [0.2, 0.25) is 0 Å². The molecule has 0 amide bonds. The van der Waals surface area contributed by atoms with Crippen molar-refractivity contribution >= 4 is 8.60 Å². The Labute approximate surface area is 48.0 Å². The Morgan fingerprint density at radius 1 is 1.62 bits per heavy atom. The van der Waals surface area contributed by atoms with E-state index >= 15 is 0 Å². The van der Waals surface area contributed by atoms with Crippen LogP contribution in [0.1, 0.15) is 0 Å². The van der Waals surface area contributed by atoms with Crippen molar-refractivity contribution < 1.29 is 19.4 Å². The second kappa shape index (κ2) is 3.95. The molecule has 0 rings (SSSR count). The fraction of sp³-hybridized carbons (Fsp3) is 0.333. The lowest BCUT2D eigenvalue weighted by atomic mass is 10.6. The van der Waals surface area contributed by atoms with Crippen molar-refractivity contribution in [3.63, 3.8) is 0 Å². The van der Waals surface area contributed by atoms with Gasteiger partial charge in [0.05, 0.1) is 0 Å². The summed E-state index contributed by atoms with van der Waals surface area (Å²) in [5.41, 5.74) is 0. The SMILES string of the molecule is C=CC(O)OP(O)O. The predicted molar refractivity (Wildman–Crippen MR) is 28.6 cm³/mol. The molecule has 0 aromatic carbocycles. The van der Waals surface area contributed by atoms with E-state index in [1.54, 1.807) is 0 Å². The van der Waals surface area contributed by atoms with E-state index in [2.05, 4.69) is 11.1 Å². The molecule has 0 aliphatic heterocycles. The molecule has 0 bridgehead atoms. The molecule has 0 saturated heterocycles. The lowest BCUT2D eigenvalue weighted by molar-refractivity contribution is 0.0158. The standard InChI is InChI=1S/C3H7O4P/c1-2-3(4)7-8(5)6/h2-6H,1H2. The first kappa shape index (κ1) is 8.01. The number of aliphatic hydroxyl groups is 1. The topological polar surface area (TPSA) is 69.9 Å². The van der Waals surface area contributed by atoms with E-state index in [1.807, 2.05) is 0 Å². The molecule has 48 valence electrons. The summed E-state index contributed by atoms with van der Waals surface area (Å²) in [5.74, 6) is 0. The number of hydrogen-bond acceptors (Lipinski definition) is 4. The average Bonchev–Trinajstić information content (AvgIpc) is 1.65. The molecular weight excluding hydrogens is 131 g/mol. The summed E-state index contributed by atoms with van der Waals surface area (Å²) in [4.78, 5) is 16.1. The van der Waals surface area contributed by atoms with Crippen LogP contribution in [0.3, 0.4) is 0 Å². The van der Waals surface area contributed by atoms with Gasteiger partial charge in [0.15, 0.2) is 6.29 Å². The minimum Gasteiger partial charge on any atom is -0.364 e. The quantitative estimate of drug-likeness (QED) is 0.285. The highest BCUT2D eigenvalue weighted by Crippen LogP contribution is 2.25. The van der Waals surface area contributed by atoms with Gasteiger partial charge < -0.3 is 14.9 Å². The minimum absolute atomic E-state index is 1.04. The number of aliphatic hydroxyl groups excluding tert-OH is 1. The van der Waals surface area contributed by atoms with Gasteiger partial charge in [0.25, 0.3) is 0 Å². The van der Waals surface area contributed by atoms with E-state index in [0.29, 0.717) is 0 Å². The van der Waals surface area contributed by atoms with Gasteiger partial charge in [-0.2, -0.15) is 0 Å². The Balaban J connectivity index is 3.23. The molecule has 0 aliphatic carbocycles. The molecule has 1 unspecified atom stereocenters. The fourth-order valence-corrected chi connectivity index (χ4v) is 0.419. The van der Waals surface area contributed by atoms with Crippen LogP contribution in [-0.2, 0) is 4.52 Å². The average molecular weight is 138 g/mol. The van der Waals surface area contributed by atoms with Gasteiger partial charge in [-0.15, -0.1) is 0 Å². The summed E-state index contributed by atoms with van der Waals surface area (Å²) < 4.78 is 4.01. The van der Waals surface area contributed by atoms with Crippen molar-refractivity contribution in [2.24, 2.45) is 0 Å². The molecule has 0 spiro atoms. The van der Waals surface area contributed by atoms with Gasteiger partial charge in [-0.3, -0.25) is 4.52 Å². The van der Waals surface area contributed by atoms with Crippen molar-refractivity contribution in [2.75, 3.05) is 0 Å². The summed E-state index contributed by atoms with van der Waals surface area (Å²) in [7, 11) is -2.47. The Kier molecular flexibility index (Phi) is 3.95. The molecule has 0 aromatic heterocycles. The second-order valence-electron chi connectivity index (χ2n) is 0.984. The highest BCUT2D eigenvalue weighted by atomic mass is 31.2. The Hall–Kier alpha value is 0.0100. The van der Waals surface area contributed by atoms with Gasteiger partial charge in [0, 0.05) is 0 Å². The predicted octanol–water partition coefficient (Wildman–Crippen LogP) is -0.281. The van der Waals surface area contributed by atoms with E-state index in [4.69, 9.17) is 14.9 Å². The molecule has 0 aliphatic rings. The third-order valence-corrected chi connectivity index (χ3v) is 0.808. The zero-order valence-electron chi connectivity index (χ0n) is 4.06. The Bertz CT molecular complexity index is 73.7. The van der Waals surface area contributed by atoms with E-state index in [0.717, 1.165) is 6.08 Å². The Morgan fingerprint density at radius 3 is 2.25 bits per heavy atom. The normalized spacial score (nSPS) is 14.0. The summed E-state index contributed by atoms with van der Waals surface area (Å²) in [6.45, 7) is 3.13. The van der Waals surface area contributed by atoms with Crippen molar-refractivity contribution in [2.45, 2.75) is 6.29 Å². The molecule has 0 radical (unpaired) electrons. The third kappa shape index (κ3) is 4.18. The molecule has 5 heteroatoms. The van der Waals surface area contributed by atoms with E-state index < -0.39 is 14.9 Å². The van der Waals surface area contributed by atoms with Crippen LogP contribution in [0.4, 0.5) is 0 Å². The first-order valence-electron chi connectivity index (χ1n) is 1.82. The lowest BCUT2D eigenvalue weighted by Gasteiger charge is -2.04. The highest BCUT2D eigenvalue weighted by Gasteiger charge is 2.03. The van der Waals surface area contributed by atoms with Gasteiger partial charge in [-0.1, -0.05) is 6.58 Å². The zero-order valence-corrected chi connectivity index (χ0v) is 4.95. The molecule has 0 saturated carbocycles. The van der Waals surface area contributed by atoms with Crippen LogP contribution < -0.4 is 0 Å². The van der Waals surface area contributed by atoms with Crippen LogP contribution in [0, 0.1) is 0 Å². The van der Waals surface area contributed by atoms with E-state index in [-0.39, 0.29) is 0 Å². The molecular formula is C3H7O4P. The maximum atomic E-state index is 8.38.